The maximum atomic E-state index is 12.5. The van der Waals surface area contributed by atoms with E-state index in [0.717, 1.165) is 51.5 Å². The minimum atomic E-state index is -0.512. The summed E-state index contributed by atoms with van der Waals surface area (Å²) in [4.78, 5) is 23.5. The summed E-state index contributed by atoms with van der Waals surface area (Å²) < 4.78 is 12.0. The molecule has 2 aliphatic rings. The number of rotatable bonds is 5. The number of hydrogen-bond acceptors (Lipinski definition) is 6. The number of hydrogen-bond donors (Lipinski definition) is 1. The van der Waals surface area contributed by atoms with E-state index in [1.807, 2.05) is 32.9 Å². The molecule has 2 aromatic heterocycles. The monoisotopic (exact) mass is 485 g/mol. The van der Waals surface area contributed by atoms with E-state index < -0.39 is 5.60 Å². The molecular formula is C29H31N3O4. The van der Waals surface area contributed by atoms with Gasteiger partial charge in [-0.15, -0.1) is 0 Å². The summed E-state index contributed by atoms with van der Waals surface area (Å²) in [7, 11) is 1.62. The Labute approximate surface area is 211 Å². The first-order chi connectivity index (χ1) is 17.3. The van der Waals surface area contributed by atoms with Crippen LogP contribution in [0.25, 0.3) is 33.7 Å². The summed E-state index contributed by atoms with van der Waals surface area (Å²) in [6.45, 7) is 6.72. The fraction of sp³-hybridized carbons (Fsp3) is 0.310. The molecule has 3 aromatic rings. The number of benzene rings is 1. The van der Waals surface area contributed by atoms with Crippen molar-refractivity contribution in [1.82, 2.24) is 15.4 Å². The van der Waals surface area contributed by atoms with E-state index in [4.69, 9.17) is 14.0 Å². The predicted molar refractivity (Wildman–Crippen MR) is 140 cm³/mol. The van der Waals surface area contributed by atoms with Gasteiger partial charge in [0.1, 0.15) is 17.1 Å². The van der Waals surface area contributed by atoms with E-state index in [2.05, 4.69) is 46.9 Å². The van der Waals surface area contributed by atoms with Crippen LogP contribution in [0.2, 0.25) is 0 Å². The minimum Gasteiger partial charge on any atom is -0.456 e. The number of pyridine rings is 1. The van der Waals surface area contributed by atoms with Gasteiger partial charge in [-0.25, -0.2) is 4.79 Å². The molecule has 1 amide bonds. The number of furan rings is 1. The van der Waals surface area contributed by atoms with Crippen LogP contribution in [0.3, 0.4) is 0 Å². The predicted octanol–water partition coefficient (Wildman–Crippen LogP) is 6.08. The molecule has 1 aromatic carbocycles. The third-order valence-corrected chi connectivity index (χ3v) is 6.30. The Balaban J connectivity index is 1.46. The zero-order valence-corrected chi connectivity index (χ0v) is 21.1. The summed E-state index contributed by atoms with van der Waals surface area (Å²) in [5.74, 6) is 1.63. The van der Waals surface area contributed by atoms with Crippen molar-refractivity contribution < 1.29 is 18.8 Å². The Bertz CT molecular complexity index is 1330. The average molecular weight is 486 g/mol. The van der Waals surface area contributed by atoms with Crippen molar-refractivity contribution in [2.75, 3.05) is 20.2 Å². The number of allylic oxidation sites excluding steroid dienone is 1. The number of nitrogens with one attached hydrogen (secondary N) is 1. The van der Waals surface area contributed by atoms with E-state index in [0.29, 0.717) is 19.5 Å². The smallest absolute Gasteiger partial charge is 0.410 e. The van der Waals surface area contributed by atoms with Crippen LogP contribution in [-0.2, 0) is 16.0 Å². The molecule has 0 radical (unpaired) electrons. The maximum absolute atomic E-state index is 12.5. The second-order valence-corrected chi connectivity index (χ2v) is 10.00. The normalized spacial score (nSPS) is 15.3. The van der Waals surface area contributed by atoms with Gasteiger partial charge in [0.25, 0.3) is 0 Å². The van der Waals surface area contributed by atoms with Gasteiger partial charge in [0.15, 0.2) is 0 Å². The van der Waals surface area contributed by atoms with E-state index in [1.54, 1.807) is 24.4 Å². The first-order valence-electron chi connectivity index (χ1n) is 12.2. The number of ether oxygens (including phenoxy) is 1. The lowest BCUT2D eigenvalue weighted by molar-refractivity contribution is 0.0270. The molecule has 7 nitrogen and oxygen atoms in total. The Morgan fingerprint density at radius 1 is 1.06 bits per heavy atom. The molecule has 1 aliphatic carbocycles. The number of carbonyl (C=O) groups excluding carboxylic acids is 1. The Morgan fingerprint density at radius 3 is 2.56 bits per heavy atom. The molecule has 0 saturated carbocycles. The van der Waals surface area contributed by atoms with Gasteiger partial charge >= 0.3 is 6.09 Å². The highest BCUT2D eigenvalue weighted by Crippen LogP contribution is 2.40. The second-order valence-electron chi connectivity index (χ2n) is 10.00. The highest BCUT2D eigenvalue weighted by Gasteiger charge is 2.26. The van der Waals surface area contributed by atoms with Gasteiger partial charge < -0.3 is 14.1 Å². The standard InChI is InChI=1S/C29H31N3O4/c1-29(2,3)36-28(33)32-15-11-19(12-16-32)26-18-24(27(35-26)20-9-13-30-14-10-20)22-5-7-23-21(17-22)6-8-25(23)31-34-4/h5,7-11,13-14,17-18,31H,6,12,15-16H2,1-4H3. The number of nitrogens with zero attached hydrogens (tertiary/aromatic N) is 2. The fourth-order valence-corrected chi connectivity index (χ4v) is 4.59. The Morgan fingerprint density at radius 2 is 1.86 bits per heavy atom. The molecule has 0 bridgehead atoms. The molecule has 186 valence electrons. The van der Waals surface area contributed by atoms with Gasteiger partial charge in [0.05, 0.1) is 12.8 Å². The van der Waals surface area contributed by atoms with Crippen LogP contribution in [-0.4, -0.2) is 41.8 Å². The minimum absolute atomic E-state index is 0.288. The number of aromatic nitrogens is 1. The first kappa shape index (κ1) is 23.9. The summed E-state index contributed by atoms with van der Waals surface area (Å²) in [6.07, 6.45) is 8.99. The topological polar surface area (TPSA) is 76.8 Å². The molecular weight excluding hydrogens is 454 g/mol. The van der Waals surface area contributed by atoms with E-state index >= 15 is 0 Å². The van der Waals surface area contributed by atoms with E-state index in [9.17, 15) is 4.79 Å². The molecule has 0 fully saturated rings. The van der Waals surface area contributed by atoms with Crippen molar-refractivity contribution in [3.63, 3.8) is 0 Å². The number of amides is 1. The third-order valence-electron chi connectivity index (χ3n) is 6.30. The third kappa shape index (κ3) is 4.93. The van der Waals surface area contributed by atoms with Crippen LogP contribution < -0.4 is 5.48 Å². The van der Waals surface area contributed by atoms with Crippen LogP contribution >= 0.6 is 0 Å². The average Bonchev–Trinajstić information content (AvgIpc) is 3.48. The van der Waals surface area contributed by atoms with Crippen LogP contribution in [0.1, 0.15) is 44.1 Å². The number of hydroxylamine groups is 1. The fourth-order valence-electron chi connectivity index (χ4n) is 4.59. The SMILES string of the molecule is CONC1=CCc2cc(-c3cc(C4=CCN(C(=O)OC(C)(C)C)CC4)oc3-c3ccncc3)ccc21. The zero-order valence-electron chi connectivity index (χ0n) is 21.1. The lowest BCUT2D eigenvalue weighted by atomic mass is 9.97. The molecule has 36 heavy (non-hydrogen) atoms. The van der Waals surface area contributed by atoms with Gasteiger partial charge in [-0.1, -0.05) is 30.4 Å². The van der Waals surface area contributed by atoms with Crippen molar-refractivity contribution in [2.45, 2.75) is 39.2 Å². The van der Waals surface area contributed by atoms with E-state index in [-0.39, 0.29) is 6.09 Å². The first-order valence-corrected chi connectivity index (χ1v) is 12.2. The van der Waals surface area contributed by atoms with Crippen molar-refractivity contribution in [1.29, 1.82) is 0 Å². The van der Waals surface area contributed by atoms with Gasteiger partial charge in [-0.2, -0.15) is 0 Å². The number of fused-ring (bicyclic) bond motifs is 1. The Hall–Kier alpha value is -3.84. The lowest BCUT2D eigenvalue weighted by Crippen LogP contribution is -2.39. The summed E-state index contributed by atoms with van der Waals surface area (Å²) in [5, 5.41) is 0. The quantitative estimate of drug-likeness (QED) is 0.441. The van der Waals surface area contributed by atoms with E-state index in [1.165, 1.54) is 5.56 Å². The summed E-state index contributed by atoms with van der Waals surface area (Å²) in [6, 6.07) is 12.5. The Kier molecular flexibility index (Phi) is 6.41. The summed E-state index contributed by atoms with van der Waals surface area (Å²) >= 11 is 0. The van der Waals surface area contributed by atoms with Crippen LogP contribution in [0.15, 0.2) is 65.4 Å². The molecule has 0 unspecified atom stereocenters. The lowest BCUT2D eigenvalue weighted by Gasteiger charge is -2.29. The zero-order chi connectivity index (χ0) is 25.3. The van der Waals surface area contributed by atoms with Crippen molar-refractivity contribution in [3.8, 4) is 22.5 Å². The van der Waals surface area contributed by atoms with Crippen molar-refractivity contribution in [2.24, 2.45) is 0 Å². The molecule has 0 spiro atoms. The summed E-state index contributed by atoms with van der Waals surface area (Å²) in [5.41, 5.74) is 10.0. The maximum Gasteiger partial charge on any atom is 0.410 e. The molecule has 5 rings (SSSR count). The van der Waals surface area contributed by atoms with Crippen LogP contribution in [0.5, 0.6) is 0 Å². The van der Waals surface area contributed by atoms with Crippen LogP contribution in [0.4, 0.5) is 4.79 Å². The molecule has 7 heteroatoms. The van der Waals surface area contributed by atoms with Crippen molar-refractivity contribution in [3.05, 3.63) is 77.8 Å². The molecule has 0 atom stereocenters. The van der Waals surface area contributed by atoms with Gasteiger partial charge in [-0.05, 0) is 68.5 Å². The van der Waals surface area contributed by atoms with Gasteiger partial charge in [-0.3, -0.25) is 15.3 Å². The highest BCUT2D eigenvalue weighted by atomic mass is 16.6. The van der Waals surface area contributed by atoms with Gasteiger partial charge in [0.2, 0.25) is 0 Å². The number of carbonyl (C=O) groups is 1. The molecule has 3 heterocycles. The largest absolute Gasteiger partial charge is 0.456 e. The molecule has 0 saturated heterocycles. The van der Waals surface area contributed by atoms with Gasteiger partial charge in [0, 0.05) is 42.2 Å². The van der Waals surface area contributed by atoms with Crippen molar-refractivity contribution >= 4 is 17.4 Å². The molecule has 1 N–H and O–H groups in total. The molecule has 1 aliphatic heterocycles. The van der Waals surface area contributed by atoms with Crippen LogP contribution in [0, 0.1) is 0 Å². The second kappa shape index (κ2) is 9.66. The highest BCUT2D eigenvalue weighted by molar-refractivity contribution is 5.85.